The highest BCUT2D eigenvalue weighted by atomic mass is 16.4. The minimum Gasteiger partial charge on any atom is -0.480 e. The fraction of sp³-hybridized carbons (Fsp3) is 0.933. The summed E-state index contributed by atoms with van der Waals surface area (Å²) >= 11 is 0. The van der Waals surface area contributed by atoms with Crippen molar-refractivity contribution in [3.8, 4) is 0 Å². The first-order chi connectivity index (χ1) is 9.00. The van der Waals surface area contributed by atoms with Crippen molar-refractivity contribution in [2.45, 2.75) is 70.0 Å². The van der Waals surface area contributed by atoms with Crippen LogP contribution in [0, 0.1) is 5.92 Å². The Labute approximate surface area is 116 Å². The molecule has 1 aliphatic carbocycles. The highest BCUT2D eigenvalue weighted by Crippen LogP contribution is 2.35. The lowest BCUT2D eigenvalue weighted by Gasteiger charge is -2.48. The first kappa shape index (κ1) is 14.8. The van der Waals surface area contributed by atoms with Crippen molar-refractivity contribution >= 4 is 5.97 Å². The Kier molecular flexibility index (Phi) is 4.51. The average Bonchev–Trinajstić information content (AvgIpc) is 2.41. The lowest BCUT2D eigenvalue weighted by molar-refractivity contribution is -0.147. The van der Waals surface area contributed by atoms with Gasteiger partial charge in [-0.2, -0.15) is 0 Å². The van der Waals surface area contributed by atoms with Crippen LogP contribution in [0.2, 0.25) is 0 Å². The van der Waals surface area contributed by atoms with E-state index in [2.05, 4.69) is 24.1 Å². The fourth-order valence-electron chi connectivity index (χ4n) is 3.94. The monoisotopic (exact) mass is 268 g/mol. The van der Waals surface area contributed by atoms with E-state index >= 15 is 0 Å². The molecule has 0 radical (unpaired) electrons. The highest BCUT2D eigenvalue weighted by Gasteiger charge is 2.44. The maximum atomic E-state index is 11.6. The Morgan fingerprint density at radius 1 is 1.32 bits per heavy atom. The van der Waals surface area contributed by atoms with Crippen LogP contribution in [0.1, 0.15) is 52.4 Å². The van der Waals surface area contributed by atoms with Gasteiger partial charge in [0.25, 0.3) is 0 Å². The van der Waals surface area contributed by atoms with E-state index in [-0.39, 0.29) is 0 Å². The molecule has 2 rings (SSSR count). The first-order valence-electron chi connectivity index (χ1n) is 7.68. The van der Waals surface area contributed by atoms with Gasteiger partial charge in [0, 0.05) is 12.1 Å². The number of piperidine rings is 1. The summed E-state index contributed by atoms with van der Waals surface area (Å²) < 4.78 is 0. The number of aliphatic carboxylic acids is 1. The lowest BCUT2D eigenvalue weighted by atomic mass is 9.77. The predicted octanol–water partition coefficient (Wildman–Crippen LogP) is 2.09. The van der Waals surface area contributed by atoms with Crippen LogP contribution in [-0.2, 0) is 4.79 Å². The van der Waals surface area contributed by atoms with Crippen molar-refractivity contribution in [2.24, 2.45) is 5.92 Å². The molecule has 0 spiro atoms. The van der Waals surface area contributed by atoms with Crippen molar-refractivity contribution in [1.82, 2.24) is 10.2 Å². The summed E-state index contributed by atoms with van der Waals surface area (Å²) in [7, 11) is 1.79. The number of likely N-dealkylation sites (N-methyl/N-ethyl adjacent to an activating group) is 1. The standard InChI is InChI=1S/C15H28N2O2/c1-11-6-5-9-17(12(11)2)13-7-4-8-15(10-13,16-3)14(18)19/h11-13,16H,4-10H2,1-3H3,(H,18,19). The van der Waals surface area contributed by atoms with E-state index in [0.29, 0.717) is 12.1 Å². The number of nitrogens with one attached hydrogen (secondary N) is 1. The minimum atomic E-state index is -0.705. The summed E-state index contributed by atoms with van der Waals surface area (Å²) in [6.07, 6.45) is 6.22. The molecule has 1 saturated carbocycles. The Morgan fingerprint density at radius 2 is 2.05 bits per heavy atom. The summed E-state index contributed by atoms with van der Waals surface area (Å²) in [4.78, 5) is 14.2. The summed E-state index contributed by atoms with van der Waals surface area (Å²) in [5.74, 6) is 0.0434. The number of carbonyl (C=O) groups is 1. The third-order valence-electron chi connectivity index (χ3n) is 5.50. The van der Waals surface area contributed by atoms with Gasteiger partial charge in [-0.1, -0.05) is 6.92 Å². The van der Waals surface area contributed by atoms with Gasteiger partial charge in [0.15, 0.2) is 0 Å². The van der Waals surface area contributed by atoms with Crippen LogP contribution >= 0.6 is 0 Å². The molecule has 2 fully saturated rings. The van der Waals surface area contributed by atoms with Gasteiger partial charge in [0.2, 0.25) is 0 Å². The van der Waals surface area contributed by atoms with Crippen LogP contribution in [0.3, 0.4) is 0 Å². The Hall–Kier alpha value is -0.610. The molecule has 19 heavy (non-hydrogen) atoms. The van der Waals surface area contributed by atoms with Crippen molar-refractivity contribution in [2.75, 3.05) is 13.6 Å². The van der Waals surface area contributed by atoms with Crippen molar-refractivity contribution in [3.05, 3.63) is 0 Å². The maximum absolute atomic E-state index is 11.6. The molecule has 4 nitrogen and oxygen atoms in total. The van der Waals surface area contributed by atoms with Crippen LogP contribution in [0.25, 0.3) is 0 Å². The topological polar surface area (TPSA) is 52.6 Å². The molecule has 4 atom stereocenters. The molecule has 1 heterocycles. The fourth-order valence-corrected chi connectivity index (χ4v) is 3.94. The second-order valence-corrected chi connectivity index (χ2v) is 6.49. The van der Waals surface area contributed by atoms with Gasteiger partial charge in [-0.3, -0.25) is 9.69 Å². The number of rotatable bonds is 3. The second-order valence-electron chi connectivity index (χ2n) is 6.49. The molecule has 0 aromatic rings. The van der Waals surface area contributed by atoms with Gasteiger partial charge in [0.05, 0.1) is 0 Å². The quantitative estimate of drug-likeness (QED) is 0.823. The number of hydrogen-bond acceptors (Lipinski definition) is 3. The number of nitrogens with zero attached hydrogens (tertiary/aromatic N) is 1. The molecule has 4 heteroatoms. The number of likely N-dealkylation sites (tertiary alicyclic amines) is 1. The van der Waals surface area contributed by atoms with Crippen LogP contribution in [0.4, 0.5) is 0 Å². The Bertz CT molecular complexity index is 334. The van der Waals surface area contributed by atoms with Crippen LogP contribution < -0.4 is 5.32 Å². The van der Waals surface area contributed by atoms with E-state index in [1.807, 2.05) is 0 Å². The third-order valence-corrected chi connectivity index (χ3v) is 5.50. The molecule has 0 bridgehead atoms. The zero-order valence-corrected chi connectivity index (χ0v) is 12.5. The molecule has 1 aliphatic heterocycles. The van der Waals surface area contributed by atoms with E-state index in [1.165, 1.54) is 12.8 Å². The predicted molar refractivity (Wildman–Crippen MR) is 76.2 cm³/mol. The Balaban J connectivity index is 2.10. The highest BCUT2D eigenvalue weighted by molar-refractivity contribution is 5.79. The van der Waals surface area contributed by atoms with Gasteiger partial charge in [0.1, 0.15) is 5.54 Å². The molecule has 4 unspecified atom stereocenters. The van der Waals surface area contributed by atoms with E-state index in [4.69, 9.17) is 0 Å². The molecule has 0 aromatic carbocycles. The molecule has 0 aromatic heterocycles. The van der Waals surface area contributed by atoms with E-state index in [1.54, 1.807) is 7.05 Å². The van der Waals surface area contributed by atoms with Crippen LogP contribution in [0.5, 0.6) is 0 Å². The SMILES string of the molecule is CNC1(C(=O)O)CCCC(N2CCCC(C)C2C)C1. The van der Waals surface area contributed by atoms with E-state index in [9.17, 15) is 9.90 Å². The van der Waals surface area contributed by atoms with E-state index in [0.717, 1.165) is 38.1 Å². The van der Waals surface area contributed by atoms with Crippen LogP contribution in [-0.4, -0.2) is 47.2 Å². The van der Waals surface area contributed by atoms with Gasteiger partial charge in [-0.15, -0.1) is 0 Å². The third kappa shape index (κ3) is 2.79. The molecule has 110 valence electrons. The summed E-state index contributed by atoms with van der Waals surface area (Å²) in [6.45, 7) is 5.76. The molecule has 1 saturated heterocycles. The summed E-state index contributed by atoms with van der Waals surface area (Å²) in [5, 5.41) is 12.6. The Morgan fingerprint density at radius 3 is 2.68 bits per heavy atom. The largest absolute Gasteiger partial charge is 0.480 e. The molecule has 2 aliphatic rings. The van der Waals surface area contributed by atoms with Gasteiger partial charge in [-0.05, 0) is 65.0 Å². The van der Waals surface area contributed by atoms with Gasteiger partial charge in [-0.25, -0.2) is 0 Å². The first-order valence-corrected chi connectivity index (χ1v) is 7.68. The van der Waals surface area contributed by atoms with Gasteiger partial charge < -0.3 is 10.4 Å². The summed E-state index contributed by atoms with van der Waals surface area (Å²) in [6, 6.07) is 1.01. The zero-order valence-electron chi connectivity index (χ0n) is 12.5. The average molecular weight is 268 g/mol. The minimum absolute atomic E-state index is 0.426. The zero-order chi connectivity index (χ0) is 14.0. The van der Waals surface area contributed by atoms with Crippen molar-refractivity contribution in [1.29, 1.82) is 0 Å². The lowest BCUT2D eigenvalue weighted by Crippen LogP contribution is -2.59. The van der Waals surface area contributed by atoms with Gasteiger partial charge >= 0.3 is 5.97 Å². The molecule has 2 N–H and O–H groups in total. The number of carboxylic acid groups (broad SMARTS) is 1. The number of hydrogen-bond donors (Lipinski definition) is 2. The van der Waals surface area contributed by atoms with Crippen molar-refractivity contribution in [3.63, 3.8) is 0 Å². The van der Waals surface area contributed by atoms with E-state index < -0.39 is 11.5 Å². The second kappa shape index (κ2) is 5.80. The molecular weight excluding hydrogens is 240 g/mol. The number of carboxylic acids is 1. The normalized spacial score (nSPS) is 41.1. The smallest absolute Gasteiger partial charge is 0.323 e. The van der Waals surface area contributed by atoms with Crippen molar-refractivity contribution < 1.29 is 9.90 Å². The molecular formula is C15H28N2O2. The molecule has 0 amide bonds. The summed E-state index contributed by atoms with van der Waals surface area (Å²) in [5.41, 5.74) is -0.705. The van der Waals surface area contributed by atoms with Crippen LogP contribution in [0.15, 0.2) is 0 Å². The maximum Gasteiger partial charge on any atom is 0.323 e.